The first-order chi connectivity index (χ1) is 12.5. The first-order valence-electron chi connectivity index (χ1n) is 7.73. The summed E-state index contributed by atoms with van der Waals surface area (Å²) in [7, 11) is -3.64. The van der Waals surface area contributed by atoms with Gasteiger partial charge in [0.25, 0.3) is 10.0 Å². The summed E-state index contributed by atoms with van der Waals surface area (Å²) >= 11 is 0. The number of urea groups is 1. The zero-order chi connectivity index (χ0) is 18.4. The molecule has 0 atom stereocenters. The van der Waals surface area contributed by atoms with Crippen LogP contribution in [0, 0.1) is 0 Å². The first-order valence-corrected chi connectivity index (χ1v) is 9.22. The number of rotatable bonds is 6. The summed E-state index contributed by atoms with van der Waals surface area (Å²) in [6, 6.07) is 14.1. The third-order valence-electron chi connectivity index (χ3n) is 3.46. The third kappa shape index (κ3) is 4.61. The molecule has 3 aromatic rings. The molecule has 8 nitrogen and oxygen atoms in total. The zero-order valence-corrected chi connectivity index (χ0v) is 14.5. The van der Waals surface area contributed by atoms with Gasteiger partial charge in [-0.05, 0) is 36.4 Å². The molecule has 0 radical (unpaired) electrons. The summed E-state index contributed by atoms with van der Waals surface area (Å²) in [4.78, 5) is 12.0. The van der Waals surface area contributed by atoms with Crippen molar-refractivity contribution in [2.75, 3.05) is 10.0 Å². The van der Waals surface area contributed by atoms with Crippen LogP contribution in [0.15, 0.2) is 71.9 Å². The van der Waals surface area contributed by atoms with E-state index in [2.05, 4.69) is 25.6 Å². The summed E-state index contributed by atoms with van der Waals surface area (Å²) in [6.07, 6.45) is 3.31. The fourth-order valence-electron chi connectivity index (χ4n) is 2.17. The molecule has 134 valence electrons. The molecule has 2 amide bonds. The molecule has 0 fully saturated rings. The predicted molar refractivity (Wildman–Crippen MR) is 98.1 cm³/mol. The summed E-state index contributed by atoms with van der Waals surface area (Å²) < 4.78 is 27.0. The molecular weight excluding hydrogens is 354 g/mol. The Morgan fingerprint density at radius 3 is 2.35 bits per heavy atom. The van der Waals surface area contributed by atoms with E-state index in [4.69, 9.17) is 0 Å². The number of aromatic amines is 1. The van der Waals surface area contributed by atoms with Crippen molar-refractivity contribution < 1.29 is 13.2 Å². The summed E-state index contributed by atoms with van der Waals surface area (Å²) in [5, 5.41) is 11.8. The number of carbonyl (C=O) groups is 1. The van der Waals surface area contributed by atoms with Gasteiger partial charge in [-0.1, -0.05) is 18.2 Å². The summed E-state index contributed by atoms with van der Waals surface area (Å²) in [6.45, 7) is 0.345. The van der Waals surface area contributed by atoms with Gasteiger partial charge >= 0.3 is 6.03 Å². The van der Waals surface area contributed by atoms with E-state index in [-0.39, 0.29) is 10.9 Å². The molecule has 9 heteroatoms. The lowest BCUT2D eigenvalue weighted by Gasteiger charge is -2.10. The fraction of sp³-hybridized carbons (Fsp3) is 0.0588. The number of benzene rings is 2. The Morgan fingerprint density at radius 1 is 1.00 bits per heavy atom. The van der Waals surface area contributed by atoms with Gasteiger partial charge in [-0.25, -0.2) is 13.2 Å². The van der Waals surface area contributed by atoms with E-state index < -0.39 is 10.0 Å². The van der Waals surface area contributed by atoms with Crippen LogP contribution in [0.4, 0.5) is 16.2 Å². The van der Waals surface area contributed by atoms with E-state index in [1.54, 1.807) is 54.9 Å². The number of nitrogens with zero attached hydrogens (tertiary/aromatic N) is 1. The van der Waals surface area contributed by atoms with Gasteiger partial charge in [0, 0.05) is 29.7 Å². The van der Waals surface area contributed by atoms with E-state index >= 15 is 0 Å². The molecule has 0 aliphatic rings. The number of H-pyrrole nitrogens is 1. The number of anilines is 2. The molecule has 1 heterocycles. The van der Waals surface area contributed by atoms with Crippen molar-refractivity contribution in [3.63, 3.8) is 0 Å². The average molecular weight is 371 g/mol. The number of sulfonamides is 1. The molecule has 0 bridgehead atoms. The highest BCUT2D eigenvalue weighted by Gasteiger charge is 2.13. The van der Waals surface area contributed by atoms with Crippen molar-refractivity contribution in [2.24, 2.45) is 0 Å². The minimum atomic E-state index is -3.64. The topological polar surface area (TPSA) is 116 Å². The second-order valence-corrected chi connectivity index (χ2v) is 7.09. The maximum absolute atomic E-state index is 12.3. The van der Waals surface area contributed by atoms with Crippen LogP contribution in [0.1, 0.15) is 5.56 Å². The summed E-state index contributed by atoms with van der Waals surface area (Å²) in [5.74, 6) is 0. The highest BCUT2D eigenvalue weighted by molar-refractivity contribution is 7.92. The largest absolute Gasteiger partial charge is 0.334 e. The number of amides is 2. The molecule has 26 heavy (non-hydrogen) atoms. The van der Waals surface area contributed by atoms with Gasteiger partial charge in [-0.15, -0.1) is 0 Å². The normalized spacial score (nSPS) is 10.9. The average Bonchev–Trinajstić information content (AvgIpc) is 3.16. The number of hydrogen-bond acceptors (Lipinski definition) is 4. The second-order valence-electron chi connectivity index (χ2n) is 5.41. The Labute approximate surface area is 150 Å². The van der Waals surface area contributed by atoms with Gasteiger partial charge in [-0.2, -0.15) is 5.10 Å². The lowest BCUT2D eigenvalue weighted by Crippen LogP contribution is -2.28. The molecular formula is C17H17N5O3S. The van der Waals surface area contributed by atoms with E-state index in [9.17, 15) is 13.2 Å². The molecule has 0 saturated heterocycles. The smallest absolute Gasteiger partial charge is 0.319 e. The van der Waals surface area contributed by atoms with Gasteiger partial charge < -0.3 is 10.6 Å². The quantitative estimate of drug-likeness (QED) is 0.533. The monoisotopic (exact) mass is 371 g/mol. The first kappa shape index (κ1) is 17.5. The standard InChI is InChI=1S/C17H17N5O3S/c23-17(18-10-13-11-19-20-12-13)21-14-6-8-15(9-7-14)22-26(24,25)16-4-2-1-3-5-16/h1-9,11-12,22H,10H2,(H,19,20)(H2,18,21,23). The SMILES string of the molecule is O=C(NCc1cn[nH]c1)Nc1ccc(NS(=O)(=O)c2ccccc2)cc1. The molecule has 0 aliphatic heterocycles. The Balaban J connectivity index is 1.57. The third-order valence-corrected chi connectivity index (χ3v) is 4.85. The van der Waals surface area contributed by atoms with E-state index in [0.717, 1.165) is 5.56 Å². The van der Waals surface area contributed by atoms with E-state index in [0.29, 0.717) is 17.9 Å². The fourth-order valence-corrected chi connectivity index (χ4v) is 3.25. The van der Waals surface area contributed by atoms with Crippen molar-refractivity contribution in [3.05, 3.63) is 72.6 Å². The van der Waals surface area contributed by atoms with Crippen LogP contribution in [-0.2, 0) is 16.6 Å². The zero-order valence-electron chi connectivity index (χ0n) is 13.6. The van der Waals surface area contributed by atoms with Crippen molar-refractivity contribution in [2.45, 2.75) is 11.4 Å². The molecule has 3 rings (SSSR count). The Morgan fingerprint density at radius 2 is 1.69 bits per heavy atom. The molecule has 4 N–H and O–H groups in total. The van der Waals surface area contributed by atoms with Gasteiger partial charge in [0.15, 0.2) is 0 Å². The van der Waals surface area contributed by atoms with Crippen LogP contribution in [0.2, 0.25) is 0 Å². The van der Waals surface area contributed by atoms with Crippen molar-refractivity contribution >= 4 is 27.4 Å². The lowest BCUT2D eigenvalue weighted by molar-refractivity contribution is 0.251. The van der Waals surface area contributed by atoms with Crippen molar-refractivity contribution in [3.8, 4) is 0 Å². The van der Waals surface area contributed by atoms with Crippen LogP contribution in [0.5, 0.6) is 0 Å². The van der Waals surface area contributed by atoms with Crippen LogP contribution in [0.25, 0.3) is 0 Å². The predicted octanol–water partition coefficient (Wildman–Crippen LogP) is 2.53. The molecule has 0 spiro atoms. The Kier molecular flexibility index (Phi) is 5.18. The number of carbonyl (C=O) groups excluding carboxylic acids is 1. The molecule has 0 unspecified atom stereocenters. The highest BCUT2D eigenvalue weighted by Crippen LogP contribution is 2.18. The molecule has 0 saturated carbocycles. The van der Waals surface area contributed by atoms with Crippen LogP contribution >= 0.6 is 0 Å². The lowest BCUT2D eigenvalue weighted by atomic mass is 10.3. The van der Waals surface area contributed by atoms with Crippen molar-refractivity contribution in [1.29, 1.82) is 0 Å². The number of nitrogens with one attached hydrogen (secondary N) is 4. The number of hydrogen-bond donors (Lipinski definition) is 4. The van der Waals surface area contributed by atoms with Crippen molar-refractivity contribution in [1.82, 2.24) is 15.5 Å². The summed E-state index contributed by atoms with van der Waals surface area (Å²) in [5.41, 5.74) is 1.79. The van der Waals surface area contributed by atoms with Crippen LogP contribution in [0.3, 0.4) is 0 Å². The maximum Gasteiger partial charge on any atom is 0.319 e. The van der Waals surface area contributed by atoms with Crippen LogP contribution in [-0.4, -0.2) is 24.6 Å². The van der Waals surface area contributed by atoms with Gasteiger partial charge in [-0.3, -0.25) is 9.82 Å². The molecule has 0 aliphatic carbocycles. The number of aromatic nitrogens is 2. The maximum atomic E-state index is 12.3. The van der Waals surface area contributed by atoms with Crippen LogP contribution < -0.4 is 15.4 Å². The molecule has 1 aromatic heterocycles. The molecule has 2 aromatic carbocycles. The second kappa shape index (κ2) is 7.70. The minimum absolute atomic E-state index is 0.181. The van der Waals surface area contributed by atoms with Gasteiger partial charge in [0.2, 0.25) is 0 Å². The Hall–Kier alpha value is -3.33. The minimum Gasteiger partial charge on any atom is -0.334 e. The highest BCUT2D eigenvalue weighted by atomic mass is 32.2. The van der Waals surface area contributed by atoms with Gasteiger partial charge in [0.05, 0.1) is 11.1 Å². The van der Waals surface area contributed by atoms with E-state index in [1.807, 2.05) is 0 Å². The van der Waals surface area contributed by atoms with E-state index in [1.165, 1.54) is 12.1 Å². The Bertz CT molecular complexity index is 955. The van der Waals surface area contributed by atoms with Gasteiger partial charge in [0.1, 0.15) is 0 Å².